The number of benzene rings is 2. The summed E-state index contributed by atoms with van der Waals surface area (Å²) >= 11 is 0. The van der Waals surface area contributed by atoms with Crippen molar-refractivity contribution >= 4 is 17.3 Å². The maximum atomic E-state index is 13.1. The first-order chi connectivity index (χ1) is 16.7. The topological polar surface area (TPSA) is 76.5 Å². The number of anilines is 2. The molecule has 184 valence electrons. The fourth-order valence-corrected chi connectivity index (χ4v) is 4.02. The molecule has 1 aliphatic rings. The molecule has 0 bridgehead atoms. The van der Waals surface area contributed by atoms with Crippen molar-refractivity contribution in [2.45, 2.75) is 32.0 Å². The molecule has 1 N–H and O–H groups in total. The largest absolute Gasteiger partial charge is 0.495 e. The Bertz CT molecular complexity index is 1250. The lowest BCUT2D eigenvalue weighted by molar-refractivity contribution is -0.137. The highest BCUT2D eigenvalue weighted by molar-refractivity contribution is 5.92. The number of halogens is 3. The van der Waals surface area contributed by atoms with Crippen LogP contribution in [0.4, 0.5) is 24.5 Å². The van der Waals surface area contributed by atoms with Crippen molar-refractivity contribution in [1.29, 1.82) is 0 Å². The number of carbonyl (C=O) groups is 1. The SMILES string of the molecule is COc1ccc(C(F)(F)F)cc1NC(=O)Cn1nc(-c2ccc(N3CCCCC3)cc2)ccc1=O. The van der Waals surface area contributed by atoms with Crippen LogP contribution in [0.2, 0.25) is 0 Å². The van der Waals surface area contributed by atoms with Gasteiger partial charge in [0.15, 0.2) is 0 Å². The maximum absolute atomic E-state index is 13.1. The Morgan fingerprint density at radius 2 is 1.74 bits per heavy atom. The van der Waals surface area contributed by atoms with Gasteiger partial charge in [-0.25, -0.2) is 4.68 Å². The van der Waals surface area contributed by atoms with E-state index < -0.39 is 29.8 Å². The van der Waals surface area contributed by atoms with Gasteiger partial charge in [0.25, 0.3) is 5.56 Å². The summed E-state index contributed by atoms with van der Waals surface area (Å²) < 4.78 is 45.2. The number of hydrogen-bond acceptors (Lipinski definition) is 5. The molecular weight excluding hydrogens is 461 g/mol. The zero-order valence-corrected chi connectivity index (χ0v) is 19.1. The van der Waals surface area contributed by atoms with E-state index in [-0.39, 0.29) is 11.4 Å². The Labute approximate surface area is 200 Å². The lowest BCUT2D eigenvalue weighted by atomic mass is 10.1. The number of nitrogens with one attached hydrogen (secondary N) is 1. The number of aromatic nitrogens is 2. The standard InChI is InChI=1S/C25H25F3N4O3/c1-35-22-11-7-18(25(26,27)28)15-21(22)29-23(33)16-32-24(34)12-10-20(30-32)17-5-8-19(9-6-17)31-13-3-2-4-14-31/h5-12,15H,2-4,13-14,16H2,1H3,(H,29,33). The number of rotatable bonds is 6. The Kier molecular flexibility index (Phi) is 7.09. The minimum absolute atomic E-state index is 0.0641. The van der Waals surface area contributed by atoms with E-state index in [1.807, 2.05) is 24.3 Å². The molecule has 10 heteroatoms. The Morgan fingerprint density at radius 1 is 1.03 bits per heavy atom. The fraction of sp³-hybridized carbons (Fsp3) is 0.320. The minimum Gasteiger partial charge on any atom is -0.495 e. The predicted molar refractivity (Wildman–Crippen MR) is 127 cm³/mol. The molecule has 7 nitrogen and oxygen atoms in total. The normalized spacial score (nSPS) is 14.0. The van der Waals surface area contributed by atoms with Crippen LogP contribution in [0.5, 0.6) is 5.75 Å². The van der Waals surface area contributed by atoms with Crippen LogP contribution >= 0.6 is 0 Å². The van der Waals surface area contributed by atoms with Crippen LogP contribution < -0.4 is 20.5 Å². The van der Waals surface area contributed by atoms with Gasteiger partial charge < -0.3 is 15.0 Å². The van der Waals surface area contributed by atoms with Crippen LogP contribution in [0, 0.1) is 0 Å². The Balaban J connectivity index is 1.51. The average molecular weight is 486 g/mol. The monoisotopic (exact) mass is 486 g/mol. The molecule has 4 rings (SSSR count). The minimum atomic E-state index is -4.58. The molecule has 1 aliphatic heterocycles. The van der Waals surface area contributed by atoms with Crippen LogP contribution in [0.15, 0.2) is 59.4 Å². The second-order valence-corrected chi connectivity index (χ2v) is 8.27. The number of piperidine rings is 1. The smallest absolute Gasteiger partial charge is 0.416 e. The van der Waals surface area contributed by atoms with Crippen LogP contribution in [0.1, 0.15) is 24.8 Å². The van der Waals surface area contributed by atoms with E-state index in [0.717, 1.165) is 47.2 Å². The molecule has 0 atom stereocenters. The second kappa shape index (κ2) is 10.2. The van der Waals surface area contributed by atoms with Crippen molar-refractivity contribution in [2.24, 2.45) is 0 Å². The number of hydrogen-bond donors (Lipinski definition) is 1. The summed E-state index contributed by atoms with van der Waals surface area (Å²) in [5.41, 5.74) is 0.809. The molecule has 0 aliphatic carbocycles. The summed E-state index contributed by atoms with van der Waals surface area (Å²) in [5, 5.41) is 6.67. The highest BCUT2D eigenvalue weighted by atomic mass is 19.4. The second-order valence-electron chi connectivity index (χ2n) is 8.27. The van der Waals surface area contributed by atoms with Crippen molar-refractivity contribution < 1.29 is 22.7 Å². The summed E-state index contributed by atoms with van der Waals surface area (Å²) in [4.78, 5) is 27.2. The molecule has 0 spiro atoms. The van der Waals surface area contributed by atoms with Gasteiger partial charge in [-0.1, -0.05) is 12.1 Å². The summed E-state index contributed by atoms with van der Waals surface area (Å²) in [7, 11) is 1.28. The van der Waals surface area contributed by atoms with Gasteiger partial charge in [0, 0.05) is 30.4 Å². The molecule has 1 saturated heterocycles. The quantitative estimate of drug-likeness (QED) is 0.553. The third-order valence-electron chi connectivity index (χ3n) is 5.85. The van der Waals surface area contributed by atoms with Crippen LogP contribution in [0.25, 0.3) is 11.3 Å². The summed E-state index contributed by atoms with van der Waals surface area (Å²) in [5.74, 6) is -0.649. The maximum Gasteiger partial charge on any atom is 0.416 e. The summed E-state index contributed by atoms with van der Waals surface area (Å²) in [6.07, 6.45) is -0.998. The van der Waals surface area contributed by atoms with E-state index >= 15 is 0 Å². The van der Waals surface area contributed by atoms with E-state index in [0.29, 0.717) is 5.69 Å². The molecule has 1 aromatic heterocycles. The first-order valence-corrected chi connectivity index (χ1v) is 11.2. The lowest BCUT2D eigenvalue weighted by Crippen LogP contribution is -2.29. The van der Waals surface area contributed by atoms with E-state index in [1.54, 1.807) is 6.07 Å². The van der Waals surface area contributed by atoms with Gasteiger partial charge in [-0.15, -0.1) is 0 Å². The molecule has 2 heterocycles. The Morgan fingerprint density at radius 3 is 2.40 bits per heavy atom. The molecule has 1 fully saturated rings. The summed E-state index contributed by atoms with van der Waals surface area (Å²) in [6, 6.07) is 13.5. The van der Waals surface area contributed by atoms with Crippen LogP contribution in [-0.4, -0.2) is 35.9 Å². The van der Waals surface area contributed by atoms with Gasteiger partial charge in [-0.2, -0.15) is 18.3 Å². The average Bonchev–Trinajstić information content (AvgIpc) is 2.85. The van der Waals surface area contributed by atoms with Gasteiger partial charge in [0.05, 0.1) is 24.1 Å². The van der Waals surface area contributed by atoms with Crippen molar-refractivity contribution in [2.75, 3.05) is 30.4 Å². The van der Waals surface area contributed by atoms with Crippen LogP contribution in [-0.2, 0) is 17.5 Å². The van der Waals surface area contributed by atoms with Gasteiger partial charge >= 0.3 is 6.18 Å². The van der Waals surface area contributed by atoms with E-state index in [2.05, 4.69) is 15.3 Å². The number of methoxy groups -OCH3 is 1. The van der Waals surface area contributed by atoms with Gasteiger partial charge in [0.1, 0.15) is 12.3 Å². The molecule has 2 aromatic carbocycles. The number of amides is 1. The molecule has 0 radical (unpaired) electrons. The van der Waals surface area contributed by atoms with Gasteiger partial charge in [0.2, 0.25) is 5.91 Å². The van der Waals surface area contributed by atoms with Crippen LogP contribution in [0.3, 0.4) is 0 Å². The third kappa shape index (κ3) is 5.82. The predicted octanol–water partition coefficient (Wildman–Crippen LogP) is 4.57. The van der Waals surface area contributed by atoms with Crippen molar-refractivity contribution in [3.8, 4) is 17.0 Å². The molecule has 0 unspecified atom stereocenters. The van der Waals surface area contributed by atoms with Gasteiger partial charge in [-0.3, -0.25) is 9.59 Å². The molecule has 0 saturated carbocycles. The Hall–Kier alpha value is -3.82. The first-order valence-electron chi connectivity index (χ1n) is 11.2. The number of nitrogens with zero attached hydrogens (tertiary/aromatic N) is 3. The molecule has 3 aromatic rings. The first kappa shape index (κ1) is 24.3. The summed E-state index contributed by atoms with van der Waals surface area (Å²) in [6.45, 7) is 1.57. The zero-order valence-electron chi connectivity index (χ0n) is 19.1. The van der Waals surface area contributed by atoms with E-state index in [4.69, 9.17) is 4.74 Å². The molecular formula is C25H25F3N4O3. The van der Waals surface area contributed by atoms with Crippen molar-refractivity contribution in [3.05, 3.63) is 70.5 Å². The lowest BCUT2D eigenvalue weighted by Gasteiger charge is -2.28. The van der Waals surface area contributed by atoms with Gasteiger partial charge in [-0.05, 0) is 55.7 Å². The van der Waals surface area contributed by atoms with Crippen molar-refractivity contribution in [1.82, 2.24) is 9.78 Å². The van der Waals surface area contributed by atoms with Crippen molar-refractivity contribution in [3.63, 3.8) is 0 Å². The molecule has 1 amide bonds. The number of carbonyl (C=O) groups excluding carboxylic acids is 1. The van der Waals surface area contributed by atoms with E-state index in [9.17, 15) is 22.8 Å². The van der Waals surface area contributed by atoms with E-state index in [1.165, 1.54) is 32.4 Å². The zero-order chi connectivity index (χ0) is 25.0. The number of ether oxygens (including phenoxy) is 1. The fourth-order valence-electron chi connectivity index (χ4n) is 4.02. The molecule has 35 heavy (non-hydrogen) atoms. The highest BCUT2D eigenvalue weighted by Crippen LogP contribution is 2.35. The highest BCUT2D eigenvalue weighted by Gasteiger charge is 2.31. The number of alkyl halides is 3. The third-order valence-corrected chi connectivity index (χ3v) is 5.85.